The number of aryl methyl sites for hydroxylation is 2. The SMILES string of the molecule is O=C(N/N=C\c1c(F)cccc1Cl)c1ccc2[nH]c3c(c2c1)CCCC3. The number of H-pyrrole nitrogens is 1. The highest BCUT2D eigenvalue weighted by Gasteiger charge is 2.16. The van der Waals surface area contributed by atoms with Crippen LogP contribution in [0.25, 0.3) is 10.9 Å². The number of fused-ring (bicyclic) bond motifs is 3. The molecule has 6 heteroatoms. The van der Waals surface area contributed by atoms with E-state index in [2.05, 4.69) is 15.5 Å². The summed E-state index contributed by atoms with van der Waals surface area (Å²) in [6, 6.07) is 9.93. The van der Waals surface area contributed by atoms with Crippen molar-refractivity contribution in [1.82, 2.24) is 10.4 Å². The van der Waals surface area contributed by atoms with Crippen molar-refractivity contribution < 1.29 is 9.18 Å². The minimum absolute atomic E-state index is 0.143. The summed E-state index contributed by atoms with van der Waals surface area (Å²) in [5.41, 5.74) is 6.73. The van der Waals surface area contributed by atoms with Gasteiger partial charge in [-0.25, -0.2) is 9.82 Å². The van der Waals surface area contributed by atoms with Crippen molar-refractivity contribution >= 4 is 34.6 Å². The molecule has 1 aliphatic rings. The van der Waals surface area contributed by atoms with Crippen LogP contribution in [0.15, 0.2) is 41.5 Å². The van der Waals surface area contributed by atoms with E-state index in [9.17, 15) is 9.18 Å². The Kier molecular flexibility index (Phi) is 4.47. The number of aromatic nitrogens is 1. The first-order valence-electron chi connectivity index (χ1n) is 8.54. The maximum Gasteiger partial charge on any atom is 0.271 e. The van der Waals surface area contributed by atoms with Gasteiger partial charge in [0.1, 0.15) is 5.82 Å². The van der Waals surface area contributed by atoms with Crippen LogP contribution in [0.5, 0.6) is 0 Å². The molecule has 0 atom stereocenters. The molecule has 26 heavy (non-hydrogen) atoms. The van der Waals surface area contributed by atoms with Crippen molar-refractivity contribution in [2.45, 2.75) is 25.7 Å². The Morgan fingerprint density at radius 1 is 1.23 bits per heavy atom. The van der Waals surface area contributed by atoms with Gasteiger partial charge in [-0.15, -0.1) is 0 Å². The highest BCUT2D eigenvalue weighted by molar-refractivity contribution is 6.33. The zero-order chi connectivity index (χ0) is 18.1. The lowest BCUT2D eigenvalue weighted by Crippen LogP contribution is -2.17. The number of nitrogens with one attached hydrogen (secondary N) is 2. The topological polar surface area (TPSA) is 57.2 Å². The molecule has 0 unspecified atom stereocenters. The van der Waals surface area contributed by atoms with Crippen LogP contribution < -0.4 is 5.43 Å². The predicted octanol–water partition coefficient (Wildman–Crippen LogP) is 4.60. The number of nitrogens with zero attached hydrogens (tertiary/aromatic N) is 1. The van der Waals surface area contributed by atoms with E-state index in [0.717, 1.165) is 23.7 Å². The van der Waals surface area contributed by atoms with Crippen molar-refractivity contribution in [3.63, 3.8) is 0 Å². The van der Waals surface area contributed by atoms with Crippen LogP contribution in [-0.4, -0.2) is 17.1 Å². The van der Waals surface area contributed by atoms with Gasteiger partial charge >= 0.3 is 0 Å². The van der Waals surface area contributed by atoms with Crippen molar-refractivity contribution in [3.8, 4) is 0 Å². The molecule has 0 saturated carbocycles. The van der Waals surface area contributed by atoms with E-state index in [1.54, 1.807) is 12.1 Å². The monoisotopic (exact) mass is 369 g/mol. The molecule has 132 valence electrons. The van der Waals surface area contributed by atoms with E-state index in [4.69, 9.17) is 11.6 Å². The average Bonchev–Trinajstić information content (AvgIpc) is 3.02. The molecule has 4 rings (SSSR count). The van der Waals surface area contributed by atoms with Crippen LogP contribution in [0.1, 0.15) is 40.0 Å². The third kappa shape index (κ3) is 3.10. The zero-order valence-electron chi connectivity index (χ0n) is 14.0. The molecular formula is C20H17ClFN3O. The van der Waals surface area contributed by atoms with Gasteiger partial charge in [0.25, 0.3) is 5.91 Å². The number of hydrogen-bond donors (Lipinski definition) is 2. The van der Waals surface area contributed by atoms with Crippen molar-refractivity contribution in [2.75, 3.05) is 0 Å². The quantitative estimate of drug-likeness (QED) is 0.514. The molecule has 0 spiro atoms. The summed E-state index contributed by atoms with van der Waals surface area (Å²) in [6.45, 7) is 0. The maximum atomic E-state index is 13.7. The van der Waals surface area contributed by atoms with E-state index in [0.29, 0.717) is 5.56 Å². The second-order valence-corrected chi connectivity index (χ2v) is 6.79. The highest BCUT2D eigenvalue weighted by atomic mass is 35.5. The lowest BCUT2D eigenvalue weighted by Gasteiger charge is -2.10. The molecule has 0 bridgehead atoms. The van der Waals surface area contributed by atoms with Gasteiger partial charge in [0.15, 0.2) is 0 Å². The van der Waals surface area contributed by atoms with Crippen LogP contribution in [0, 0.1) is 5.82 Å². The number of carbonyl (C=O) groups excluding carboxylic acids is 1. The van der Waals surface area contributed by atoms with Gasteiger partial charge in [0.05, 0.1) is 11.2 Å². The fourth-order valence-corrected chi connectivity index (χ4v) is 3.61. The first kappa shape index (κ1) is 16.8. The molecule has 4 nitrogen and oxygen atoms in total. The van der Waals surface area contributed by atoms with E-state index >= 15 is 0 Å². The summed E-state index contributed by atoms with van der Waals surface area (Å²) >= 11 is 5.93. The minimum Gasteiger partial charge on any atom is -0.358 e. The number of benzene rings is 2. The largest absolute Gasteiger partial charge is 0.358 e. The Morgan fingerprint density at radius 3 is 2.92 bits per heavy atom. The van der Waals surface area contributed by atoms with Gasteiger partial charge in [-0.3, -0.25) is 4.79 Å². The molecule has 2 aromatic carbocycles. The highest BCUT2D eigenvalue weighted by Crippen LogP contribution is 2.29. The van der Waals surface area contributed by atoms with E-state index < -0.39 is 5.82 Å². The fourth-order valence-electron chi connectivity index (χ4n) is 3.40. The second-order valence-electron chi connectivity index (χ2n) is 6.38. The summed E-state index contributed by atoms with van der Waals surface area (Å²) in [6.07, 6.45) is 5.67. The number of halogens is 2. The Labute approximate surface area is 155 Å². The number of carbonyl (C=O) groups is 1. The van der Waals surface area contributed by atoms with Gasteiger partial charge in [-0.2, -0.15) is 5.10 Å². The van der Waals surface area contributed by atoms with Gasteiger partial charge in [-0.05, 0) is 61.6 Å². The van der Waals surface area contributed by atoms with Gasteiger partial charge in [0, 0.05) is 27.7 Å². The third-order valence-corrected chi connectivity index (χ3v) is 5.05. The molecule has 1 aromatic heterocycles. The summed E-state index contributed by atoms with van der Waals surface area (Å²) in [5.74, 6) is -0.836. The second kappa shape index (κ2) is 6.92. The summed E-state index contributed by atoms with van der Waals surface area (Å²) in [7, 11) is 0. The molecule has 0 saturated heterocycles. The molecule has 3 aromatic rings. The van der Waals surface area contributed by atoms with E-state index in [-0.39, 0.29) is 16.5 Å². The summed E-state index contributed by atoms with van der Waals surface area (Å²) in [5, 5.41) is 5.17. The maximum absolute atomic E-state index is 13.7. The molecule has 1 amide bonds. The van der Waals surface area contributed by atoms with Crippen molar-refractivity contribution in [1.29, 1.82) is 0 Å². The molecule has 2 N–H and O–H groups in total. The fraction of sp³-hybridized carbons (Fsp3) is 0.200. The third-order valence-electron chi connectivity index (χ3n) is 4.72. The van der Waals surface area contributed by atoms with E-state index in [1.807, 2.05) is 12.1 Å². The number of amides is 1. The number of hydrazone groups is 1. The normalized spacial score (nSPS) is 13.9. The standard InChI is InChI=1S/C20H17ClFN3O/c21-16-5-3-6-17(22)15(16)11-23-25-20(26)12-8-9-19-14(10-12)13-4-1-2-7-18(13)24-19/h3,5-6,8-11,24H,1-2,4,7H2,(H,25,26)/b23-11-. The van der Waals surface area contributed by atoms with E-state index in [1.165, 1.54) is 42.4 Å². The number of hydrogen-bond acceptors (Lipinski definition) is 2. The first-order chi connectivity index (χ1) is 12.6. The van der Waals surface area contributed by atoms with Crippen molar-refractivity contribution in [2.24, 2.45) is 5.10 Å². The summed E-state index contributed by atoms with van der Waals surface area (Å²) < 4.78 is 13.7. The van der Waals surface area contributed by atoms with Crippen LogP contribution in [0.2, 0.25) is 5.02 Å². The first-order valence-corrected chi connectivity index (χ1v) is 8.92. The molecule has 1 heterocycles. The van der Waals surface area contributed by atoms with Crippen molar-refractivity contribution in [3.05, 3.63) is 69.6 Å². The molecule has 0 aliphatic heterocycles. The predicted molar refractivity (Wildman–Crippen MR) is 101 cm³/mol. The Bertz CT molecular complexity index is 1010. The zero-order valence-corrected chi connectivity index (χ0v) is 14.7. The minimum atomic E-state index is -0.490. The summed E-state index contributed by atoms with van der Waals surface area (Å²) in [4.78, 5) is 15.8. The Morgan fingerprint density at radius 2 is 2.08 bits per heavy atom. The van der Waals surface area contributed by atoms with Crippen LogP contribution >= 0.6 is 11.6 Å². The average molecular weight is 370 g/mol. The molecule has 1 aliphatic carbocycles. The molecular weight excluding hydrogens is 353 g/mol. The number of aromatic amines is 1. The number of rotatable bonds is 3. The smallest absolute Gasteiger partial charge is 0.271 e. The Hall–Kier alpha value is -2.66. The lowest BCUT2D eigenvalue weighted by molar-refractivity contribution is 0.0955. The van der Waals surface area contributed by atoms with Gasteiger partial charge < -0.3 is 4.98 Å². The van der Waals surface area contributed by atoms with Crippen LogP contribution in [0.3, 0.4) is 0 Å². The van der Waals surface area contributed by atoms with Gasteiger partial charge in [0.2, 0.25) is 0 Å². The molecule has 0 fully saturated rings. The van der Waals surface area contributed by atoms with Crippen LogP contribution in [-0.2, 0) is 12.8 Å². The van der Waals surface area contributed by atoms with Gasteiger partial charge in [-0.1, -0.05) is 17.7 Å². The van der Waals surface area contributed by atoms with Crippen LogP contribution in [0.4, 0.5) is 4.39 Å². The molecule has 0 radical (unpaired) electrons. The lowest BCUT2D eigenvalue weighted by atomic mass is 9.95. The Balaban J connectivity index is 1.55.